The SMILES string of the molecule is CC(C)(C)C1CC(=O)N(Cc2ccc(F)cc2N)C1. The number of amides is 1. The molecule has 0 spiro atoms. The van der Waals surface area contributed by atoms with E-state index in [2.05, 4.69) is 20.8 Å². The molecule has 1 saturated heterocycles. The Morgan fingerprint density at radius 3 is 2.63 bits per heavy atom. The molecule has 1 amide bonds. The summed E-state index contributed by atoms with van der Waals surface area (Å²) in [5, 5.41) is 0. The summed E-state index contributed by atoms with van der Waals surface area (Å²) in [6, 6.07) is 4.34. The van der Waals surface area contributed by atoms with Gasteiger partial charge in [0, 0.05) is 25.2 Å². The van der Waals surface area contributed by atoms with Gasteiger partial charge < -0.3 is 10.6 Å². The van der Waals surface area contributed by atoms with Crippen molar-refractivity contribution < 1.29 is 9.18 Å². The van der Waals surface area contributed by atoms with Crippen LogP contribution in [0.4, 0.5) is 10.1 Å². The Morgan fingerprint density at radius 1 is 1.42 bits per heavy atom. The Labute approximate surface area is 113 Å². The lowest BCUT2D eigenvalue weighted by atomic mass is 9.80. The van der Waals surface area contributed by atoms with Crippen molar-refractivity contribution in [1.82, 2.24) is 4.90 Å². The van der Waals surface area contributed by atoms with Gasteiger partial charge in [-0.2, -0.15) is 0 Å². The van der Waals surface area contributed by atoms with Gasteiger partial charge in [-0.05, 0) is 29.0 Å². The highest BCUT2D eigenvalue weighted by molar-refractivity contribution is 5.79. The number of carbonyl (C=O) groups is 1. The molecule has 104 valence electrons. The molecule has 1 heterocycles. The van der Waals surface area contributed by atoms with Crippen molar-refractivity contribution in [2.24, 2.45) is 11.3 Å². The van der Waals surface area contributed by atoms with Crippen LogP contribution in [0.5, 0.6) is 0 Å². The van der Waals surface area contributed by atoms with Crippen molar-refractivity contribution in [1.29, 1.82) is 0 Å². The van der Waals surface area contributed by atoms with Crippen LogP contribution in [-0.2, 0) is 11.3 Å². The lowest BCUT2D eigenvalue weighted by molar-refractivity contribution is -0.128. The van der Waals surface area contributed by atoms with Gasteiger partial charge in [-0.1, -0.05) is 26.8 Å². The van der Waals surface area contributed by atoms with Crippen LogP contribution >= 0.6 is 0 Å². The van der Waals surface area contributed by atoms with Crippen LogP contribution in [0.3, 0.4) is 0 Å². The molecule has 4 heteroatoms. The Hall–Kier alpha value is -1.58. The summed E-state index contributed by atoms with van der Waals surface area (Å²) in [5.41, 5.74) is 7.13. The number of hydrogen-bond donors (Lipinski definition) is 1. The summed E-state index contributed by atoms with van der Waals surface area (Å²) in [5.74, 6) is 0.173. The fourth-order valence-corrected chi connectivity index (χ4v) is 2.42. The summed E-state index contributed by atoms with van der Waals surface area (Å²) in [6.07, 6.45) is 0.588. The normalized spacial score (nSPS) is 20.1. The minimum absolute atomic E-state index is 0.124. The molecule has 1 aromatic rings. The molecule has 2 N–H and O–H groups in total. The number of anilines is 1. The molecule has 0 saturated carbocycles. The van der Waals surface area contributed by atoms with Crippen molar-refractivity contribution in [3.63, 3.8) is 0 Å². The third-order valence-electron chi connectivity index (χ3n) is 3.91. The van der Waals surface area contributed by atoms with Gasteiger partial charge >= 0.3 is 0 Å². The molecule has 1 atom stereocenters. The molecule has 19 heavy (non-hydrogen) atoms. The first-order valence-corrected chi connectivity index (χ1v) is 6.59. The summed E-state index contributed by atoms with van der Waals surface area (Å²) in [7, 11) is 0. The maximum absolute atomic E-state index is 13.0. The quantitative estimate of drug-likeness (QED) is 0.835. The third kappa shape index (κ3) is 3.06. The smallest absolute Gasteiger partial charge is 0.223 e. The molecule has 0 aromatic heterocycles. The first-order chi connectivity index (χ1) is 8.77. The summed E-state index contributed by atoms with van der Waals surface area (Å²) >= 11 is 0. The predicted molar refractivity (Wildman–Crippen MR) is 73.8 cm³/mol. The molecule has 1 fully saturated rings. The monoisotopic (exact) mass is 264 g/mol. The van der Waals surface area contributed by atoms with Crippen LogP contribution in [0.15, 0.2) is 18.2 Å². The van der Waals surface area contributed by atoms with Crippen LogP contribution < -0.4 is 5.73 Å². The Balaban J connectivity index is 2.10. The molecule has 2 rings (SSSR count). The molecule has 0 radical (unpaired) electrons. The largest absolute Gasteiger partial charge is 0.398 e. The summed E-state index contributed by atoms with van der Waals surface area (Å²) in [4.78, 5) is 13.8. The van der Waals surface area contributed by atoms with Crippen molar-refractivity contribution in [3.05, 3.63) is 29.6 Å². The standard InChI is InChI=1S/C15H21FN2O/c1-15(2,3)11-6-14(19)18(9-11)8-10-4-5-12(16)7-13(10)17/h4-5,7,11H,6,8-9,17H2,1-3H3. The second-order valence-corrected chi connectivity index (χ2v) is 6.38. The number of likely N-dealkylation sites (tertiary alicyclic amines) is 1. The highest BCUT2D eigenvalue weighted by atomic mass is 19.1. The van der Waals surface area contributed by atoms with Gasteiger partial charge in [0.25, 0.3) is 0 Å². The number of nitrogens with zero attached hydrogens (tertiary/aromatic N) is 1. The van der Waals surface area contributed by atoms with Crippen molar-refractivity contribution in [2.75, 3.05) is 12.3 Å². The first kappa shape index (κ1) is 13.8. The predicted octanol–water partition coefficient (Wildman–Crippen LogP) is 2.80. The summed E-state index contributed by atoms with van der Waals surface area (Å²) in [6.45, 7) is 7.68. The maximum atomic E-state index is 13.0. The second kappa shape index (κ2) is 4.83. The molecule has 3 nitrogen and oxygen atoms in total. The fraction of sp³-hybridized carbons (Fsp3) is 0.533. The van der Waals surface area contributed by atoms with E-state index in [1.54, 1.807) is 6.07 Å². The lowest BCUT2D eigenvalue weighted by Crippen LogP contribution is -2.27. The van der Waals surface area contributed by atoms with Gasteiger partial charge in [0.05, 0.1) is 0 Å². The van der Waals surface area contributed by atoms with Crippen LogP contribution in [0.2, 0.25) is 0 Å². The van der Waals surface area contributed by atoms with Crippen molar-refractivity contribution in [2.45, 2.75) is 33.7 Å². The number of nitrogen functional groups attached to an aromatic ring is 1. The maximum Gasteiger partial charge on any atom is 0.223 e. The average Bonchev–Trinajstić information content (AvgIpc) is 2.64. The Morgan fingerprint density at radius 2 is 2.11 bits per heavy atom. The third-order valence-corrected chi connectivity index (χ3v) is 3.91. The van der Waals surface area contributed by atoms with Crippen LogP contribution in [0.25, 0.3) is 0 Å². The molecule has 1 aliphatic heterocycles. The van der Waals surface area contributed by atoms with Gasteiger partial charge in [0.1, 0.15) is 5.82 Å². The zero-order chi connectivity index (χ0) is 14.2. The van der Waals surface area contributed by atoms with E-state index in [4.69, 9.17) is 5.73 Å². The lowest BCUT2D eigenvalue weighted by Gasteiger charge is -2.26. The van der Waals surface area contributed by atoms with Gasteiger partial charge in [-0.25, -0.2) is 4.39 Å². The van der Waals surface area contributed by atoms with Gasteiger partial charge in [-0.15, -0.1) is 0 Å². The fourth-order valence-electron chi connectivity index (χ4n) is 2.42. The zero-order valence-corrected chi connectivity index (χ0v) is 11.7. The van der Waals surface area contributed by atoms with E-state index < -0.39 is 0 Å². The van der Waals surface area contributed by atoms with Crippen LogP contribution in [0.1, 0.15) is 32.8 Å². The van der Waals surface area contributed by atoms with Gasteiger partial charge in [-0.3, -0.25) is 4.79 Å². The van der Waals surface area contributed by atoms with Crippen LogP contribution in [-0.4, -0.2) is 17.4 Å². The van der Waals surface area contributed by atoms with Crippen molar-refractivity contribution in [3.8, 4) is 0 Å². The number of benzene rings is 1. The highest BCUT2D eigenvalue weighted by Crippen LogP contribution is 2.35. The van der Waals surface area contributed by atoms with E-state index in [0.29, 0.717) is 24.6 Å². The van der Waals surface area contributed by atoms with Gasteiger partial charge in [0.2, 0.25) is 5.91 Å². The number of hydrogen-bond acceptors (Lipinski definition) is 2. The molecular weight excluding hydrogens is 243 g/mol. The Bertz CT molecular complexity index is 493. The topological polar surface area (TPSA) is 46.3 Å². The average molecular weight is 264 g/mol. The van der Waals surface area contributed by atoms with E-state index in [1.807, 2.05) is 4.90 Å². The number of halogens is 1. The Kier molecular flexibility index (Phi) is 3.52. The molecule has 1 unspecified atom stereocenters. The number of nitrogens with two attached hydrogens (primary N) is 1. The summed E-state index contributed by atoms with van der Waals surface area (Å²) < 4.78 is 13.0. The second-order valence-electron chi connectivity index (χ2n) is 6.38. The zero-order valence-electron chi connectivity index (χ0n) is 11.7. The number of carbonyl (C=O) groups excluding carboxylic acids is 1. The highest BCUT2D eigenvalue weighted by Gasteiger charge is 2.36. The van der Waals surface area contributed by atoms with E-state index in [9.17, 15) is 9.18 Å². The first-order valence-electron chi connectivity index (χ1n) is 6.59. The van der Waals surface area contributed by atoms with E-state index in [1.165, 1.54) is 12.1 Å². The number of rotatable bonds is 2. The minimum atomic E-state index is -0.346. The van der Waals surface area contributed by atoms with E-state index in [0.717, 1.165) is 12.1 Å². The van der Waals surface area contributed by atoms with E-state index in [-0.39, 0.29) is 17.1 Å². The van der Waals surface area contributed by atoms with Crippen LogP contribution in [0, 0.1) is 17.2 Å². The van der Waals surface area contributed by atoms with Crippen molar-refractivity contribution >= 4 is 11.6 Å². The molecule has 1 aromatic carbocycles. The molecule has 0 bridgehead atoms. The molecule has 0 aliphatic carbocycles. The molecular formula is C15H21FN2O. The van der Waals surface area contributed by atoms with Gasteiger partial charge in [0.15, 0.2) is 0 Å². The van der Waals surface area contributed by atoms with E-state index >= 15 is 0 Å². The molecule has 1 aliphatic rings. The minimum Gasteiger partial charge on any atom is -0.398 e.